The van der Waals surface area contributed by atoms with Gasteiger partial charge >= 0.3 is 0 Å². The monoisotopic (exact) mass is 271 g/mol. The van der Waals surface area contributed by atoms with E-state index in [-0.39, 0.29) is 5.82 Å². The lowest BCUT2D eigenvalue weighted by Crippen LogP contribution is -2.12. The Bertz CT molecular complexity index is 718. The molecule has 0 spiro atoms. The highest BCUT2D eigenvalue weighted by Gasteiger charge is 2.18. The molecule has 1 atom stereocenters. The molecule has 2 N–H and O–H groups in total. The topological polar surface area (TPSA) is 48.4 Å². The van der Waals surface area contributed by atoms with Gasteiger partial charge in [0.25, 0.3) is 0 Å². The Hall–Kier alpha value is -2.33. The van der Waals surface area contributed by atoms with Crippen molar-refractivity contribution in [2.24, 2.45) is 5.73 Å². The van der Waals surface area contributed by atoms with E-state index in [4.69, 9.17) is 14.9 Å². The van der Waals surface area contributed by atoms with E-state index in [0.717, 1.165) is 11.0 Å². The third kappa shape index (κ3) is 2.14. The molecule has 0 fully saturated rings. The van der Waals surface area contributed by atoms with Crippen LogP contribution in [0.5, 0.6) is 5.75 Å². The third-order valence-corrected chi connectivity index (χ3v) is 3.28. The maximum absolute atomic E-state index is 13.4. The average molecular weight is 271 g/mol. The highest BCUT2D eigenvalue weighted by molar-refractivity contribution is 5.78. The van der Waals surface area contributed by atoms with Crippen LogP contribution in [-0.4, -0.2) is 7.11 Å². The Morgan fingerprint density at radius 3 is 2.70 bits per heavy atom. The fraction of sp³-hybridized carbons (Fsp3) is 0.125. The minimum absolute atomic E-state index is 0.354. The molecule has 4 heteroatoms. The molecule has 1 aromatic heterocycles. The summed E-state index contributed by atoms with van der Waals surface area (Å²) < 4.78 is 24.4. The van der Waals surface area contributed by atoms with Crippen LogP contribution in [0.15, 0.2) is 52.9 Å². The minimum atomic E-state index is -0.576. The van der Waals surface area contributed by atoms with Gasteiger partial charge < -0.3 is 14.9 Å². The third-order valence-electron chi connectivity index (χ3n) is 3.28. The predicted molar refractivity (Wildman–Crippen MR) is 75.2 cm³/mol. The van der Waals surface area contributed by atoms with Gasteiger partial charge in [-0.05, 0) is 30.3 Å². The van der Waals surface area contributed by atoms with Crippen molar-refractivity contribution in [3.63, 3.8) is 0 Å². The fourth-order valence-electron chi connectivity index (χ4n) is 2.26. The first kappa shape index (κ1) is 12.7. The molecular weight excluding hydrogens is 257 g/mol. The van der Waals surface area contributed by atoms with Crippen molar-refractivity contribution in [3.8, 4) is 5.75 Å². The number of halogens is 1. The predicted octanol–water partition coefficient (Wildman–Crippen LogP) is 3.63. The van der Waals surface area contributed by atoms with Gasteiger partial charge in [0.15, 0.2) is 0 Å². The molecule has 2 aromatic carbocycles. The maximum atomic E-state index is 13.4. The summed E-state index contributed by atoms with van der Waals surface area (Å²) in [4.78, 5) is 0. The number of ether oxygens (including phenoxy) is 1. The summed E-state index contributed by atoms with van der Waals surface area (Å²) in [5, 5.41) is 0.966. The van der Waals surface area contributed by atoms with Crippen LogP contribution in [-0.2, 0) is 0 Å². The Morgan fingerprint density at radius 1 is 1.15 bits per heavy atom. The average Bonchev–Trinajstić information content (AvgIpc) is 2.90. The number of furan rings is 1. The Kier molecular flexibility index (Phi) is 3.16. The fourth-order valence-corrected chi connectivity index (χ4v) is 2.26. The number of methoxy groups -OCH3 is 1. The Labute approximate surface area is 115 Å². The van der Waals surface area contributed by atoms with E-state index in [0.29, 0.717) is 17.1 Å². The van der Waals surface area contributed by atoms with Gasteiger partial charge in [-0.2, -0.15) is 0 Å². The molecule has 0 radical (unpaired) electrons. The summed E-state index contributed by atoms with van der Waals surface area (Å²) >= 11 is 0. The molecule has 3 rings (SSSR count). The van der Waals surface area contributed by atoms with E-state index >= 15 is 0 Å². The second-order valence-electron chi connectivity index (χ2n) is 4.55. The molecule has 1 unspecified atom stereocenters. The molecule has 0 aliphatic heterocycles. The van der Waals surface area contributed by atoms with Crippen molar-refractivity contribution in [1.29, 1.82) is 0 Å². The van der Waals surface area contributed by atoms with Crippen LogP contribution in [0.2, 0.25) is 0 Å². The molecule has 3 aromatic rings. The number of hydrogen-bond acceptors (Lipinski definition) is 3. The van der Waals surface area contributed by atoms with Crippen LogP contribution in [0.3, 0.4) is 0 Å². The quantitative estimate of drug-likeness (QED) is 0.791. The Balaban J connectivity index is 2.07. The van der Waals surface area contributed by atoms with Gasteiger partial charge in [-0.15, -0.1) is 0 Å². The lowest BCUT2D eigenvalue weighted by atomic mass is 10.0. The standard InChI is InChI=1S/C16H14FNO2/c1-19-14-7-6-11(17)9-12(14)16(18)15-8-10-4-2-3-5-13(10)20-15/h2-9,16H,18H2,1H3. The molecule has 0 bridgehead atoms. The van der Waals surface area contributed by atoms with Crippen LogP contribution >= 0.6 is 0 Å². The molecule has 0 amide bonds. The number of para-hydroxylation sites is 1. The summed E-state index contributed by atoms with van der Waals surface area (Å²) in [7, 11) is 1.53. The van der Waals surface area contributed by atoms with Crippen molar-refractivity contribution in [3.05, 3.63) is 65.7 Å². The molecule has 20 heavy (non-hydrogen) atoms. The van der Waals surface area contributed by atoms with Crippen LogP contribution in [0.1, 0.15) is 17.4 Å². The molecule has 0 aliphatic carbocycles. The summed E-state index contributed by atoms with van der Waals surface area (Å²) in [5.41, 5.74) is 7.50. The van der Waals surface area contributed by atoms with Crippen molar-refractivity contribution >= 4 is 11.0 Å². The zero-order valence-corrected chi connectivity index (χ0v) is 11.0. The van der Waals surface area contributed by atoms with E-state index in [1.54, 1.807) is 6.07 Å². The smallest absolute Gasteiger partial charge is 0.134 e. The van der Waals surface area contributed by atoms with E-state index in [1.165, 1.54) is 19.2 Å². The minimum Gasteiger partial charge on any atom is -0.496 e. The lowest BCUT2D eigenvalue weighted by molar-refractivity contribution is 0.403. The molecule has 1 heterocycles. The first-order valence-electron chi connectivity index (χ1n) is 6.26. The van der Waals surface area contributed by atoms with E-state index in [9.17, 15) is 4.39 Å². The Morgan fingerprint density at radius 2 is 1.95 bits per heavy atom. The van der Waals surface area contributed by atoms with Crippen molar-refractivity contribution < 1.29 is 13.5 Å². The number of benzene rings is 2. The highest BCUT2D eigenvalue weighted by Crippen LogP contribution is 2.31. The van der Waals surface area contributed by atoms with Gasteiger partial charge in [0.05, 0.1) is 13.2 Å². The van der Waals surface area contributed by atoms with E-state index < -0.39 is 6.04 Å². The molecular formula is C16H14FNO2. The normalized spacial score (nSPS) is 12.6. The SMILES string of the molecule is COc1ccc(F)cc1C(N)c1cc2ccccc2o1. The van der Waals surface area contributed by atoms with Crippen molar-refractivity contribution in [1.82, 2.24) is 0 Å². The van der Waals surface area contributed by atoms with Gasteiger partial charge in [0, 0.05) is 10.9 Å². The first-order valence-corrected chi connectivity index (χ1v) is 6.26. The number of nitrogens with two attached hydrogens (primary N) is 1. The number of rotatable bonds is 3. The van der Waals surface area contributed by atoms with Crippen molar-refractivity contribution in [2.45, 2.75) is 6.04 Å². The maximum Gasteiger partial charge on any atom is 0.134 e. The number of fused-ring (bicyclic) bond motifs is 1. The molecule has 3 nitrogen and oxygen atoms in total. The van der Waals surface area contributed by atoms with E-state index in [1.807, 2.05) is 30.3 Å². The van der Waals surface area contributed by atoms with Crippen molar-refractivity contribution in [2.75, 3.05) is 7.11 Å². The van der Waals surface area contributed by atoms with Gasteiger partial charge in [-0.25, -0.2) is 4.39 Å². The summed E-state index contributed by atoms with van der Waals surface area (Å²) in [5.74, 6) is 0.766. The second-order valence-corrected chi connectivity index (χ2v) is 4.55. The largest absolute Gasteiger partial charge is 0.496 e. The molecule has 0 aliphatic rings. The van der Waals surface area contributed by atoms with Gasteiger partial charge in [0.1, 0.15) is 22.9 Å². The zero-order chi connectivity index (χ0) is 14.1. The lowest BCUT2D eigenvalue weighted by Gasteiger charge is -2.13. The highest BCUT2D eigenvalue weighted by atomic mass is 19.1. The summed E-state index contributed by atoms with van der Waals surface area (Å²) in [6.07, 6.45) is 0. The van der Waals surface area contributed by atoms with Crippen LogP contribution in [0.25, 0.3) is 11.0 Å². The van der Waals surface area contributed by atoms with Gasteiger partial charge in [-0.1, -0.05) is 18.2 Å². The second kappa shape index (κ2) is 4.98. The van der Waals surface area contributed by atoms with Crippen LogP contribution in [0.4, 0.5) is 4.39 Å². The zero-order valence-electron chi connectivity index (χ0n) is 11.0. The van der Waals surface area contributed by atoms with Crippen LogP contribution in [0, 0.1) is 5.82 Å². The number of hydrogen-bond donors (Lipinski definition) is 1. The molecule has 102 valence electrons. The van der Waals surface area contributed by atoms with Gasteiger partial charge in [0.2, 0.25) is 0 Å². The summed E-state index contributed by atoms with van der Waals surface area (Å²) in [6, 6.07) is 13.2. The molecule has 0 saturated carbocycles. The summed E-state index contributed by atoms with van der Waals surface area (Å²) in [6.45, 7) is 0. The first-order chi connectivity index (χ1) is 9.69. The van der Waals surface area contributed by atoms with Crippen LogP contribution < -0.4 is 10.5 Å². The van der Waals surface area contributed by atoms with Gasteiger partial charge in [-0.3, -0.25) is 0 Å². The van der Waals surface area contributed by atoms with E-state index in [2.05, 4.69) is 0 Å². The molecule has 0 saturated heterocycles.